The Morgan fingerprint density at radius 1 is 1.50 bits per heavy atom. The highest BCUT2D eigenvalue weighted by atomic mass is 14.6. The van der Waals surface area contributed by atoms with Crippen LogP contribution in [0.5, 0.6) is 0 Å². The van der Waals surface area contributed by atoms with E-state index in [-0.39, 0.29) is 0 Å². The lowest BCUT2D eigenvalue weighted by Gasteiger charge is -1.95. The summed E-state index contributed by atoms with van der Waals surface area (Å²) in [5.74, 6) is 0. The number of unbranched alkanes of at least 4 members (excludes halogenated alkanes) is 1. The molecule has 1 aromatic rings. The molecule has 0 radical (unpaired) electrons. The molecule has 0 aliphatic heterocycles. The van der Waals surface area contributed by atoms with Crippen molar-refractivity contribution in [2.45, 2.75) is 26.2 Å². The van der Waals surface area contributed by atoms with Crippen LogP contribution < -0.4 is 0 Å². The summed E-state index contributed by atoms with van der Waals surface area (Å²) >= 11 is 0. The van der Waals surface area contributed by atoms with Crippen molar-refractivity contribution in [3.63, 3.8) is 0 Å². The molecule has 10 heavy (non-hydrogen) atoms. The first kappa shape index (κ1) is 7.26. The summed E-state index contributed by atoms with van der Waals surface area (Å²) in [5, 5.41) is 0. The minimum absolute atomic E-state index is 1.17. The summed E-state index contributed by atoms with van der Waals surface area (Å²) in [4.78, 5) is 4.04. The number of aryl methyl sites for hydroxylation is 1. The maximum Gasteiger partial charge on any atom is 0.0299 e. The summed E-state index contributed by atoms with van der Waals surface area (Å²) in [7, 11) is 0. The molecule has 0 amide bonds. The molecule has 0 aliphatic carbocycles. The van der Waals surface area contributed by atoms with Gasteiger partial charge in [-0.1, -0.05) is 19.4 Å². The van der Waals surface area contributed by atoms with Crippen molar-refractivity contribution in [3.05, 3.63) is 30.1 Å². The summed E-state index contributed by atoms with van der Waals surface area (Å²) in [6, 6.07) is 4.12. The van der Waals surface area contributed by atoms with Crippen molar-refractivity contribution in [3.8, 4) is 0 Å². The molecule has 54 valence electrons. The van der Waals surface area contributed by atoms with Crippen LogP contribution in [0.2, 0.25) is 0 Å². The lowest BCUT2D eigenvalue weighted by molar-refractivity contribution is 0.792. The van der Waals surface area contributed by atoms with Gasteiger partial charge < -0.3 is 0 Å². The summed E-state index contributed by atoms with van der Waals surface area (Å²) in [6.07, 6.45) is 7.45. The summed E-state index contributed by atoms with van der Waals surface area (Å²) in [6.45, 7) is 2.20. The fraction of sp³-hybridized carbons (Fsp3) is 0.444. The van der Waals surface area contributed by atoms with E-state index < -0.39 is 0 Å². The maximum absolute atomic E-state index is 4.04. The minimum Gasteiger partial charge on any atom is -0.264 e. The van der Waals surface area contributed by atoms with Crippen molar-refractivity contribution in [2.24, 2.45) is 0 Å². The van der Waals surface area contributed by atoms with E-state index in [2.05, 4.69) is 18.0 Å². The topological polar surface area (TPSA) is 12.9 Å². The van der Waals surface area contributed by atoms with Gasteiger partial charge in [-0.3, -0.25) is 4.98 Å². The summed E-state index contributed by atoms with van der Waals surface area (Å²) < 4.78 is 0. The Balaban J connectivity index is 2.43. The van der Waals surface area contributed by atoms with Gasteiger partial charge in [0.1, 0.15) is 0 Å². The van der Waals surface area contributed by atoms with Crippen LogP contribution in [-0.4, -0.2) is 4.98 Å². The Bertz CT molecular complexity index is 169. The Kier molecular flexibility index (Phi) is 2.94. The zero-order valence-corrected chi connectivity index (χ0v) is 6.38. The standard InChI is InChI=1S/C9H13N/c1-2-3-5-9-6-4-7-10-8-9/h4,6-8H,2-3,5H2,1H3. The smallest absolute Gasteiger partial charge is 0.0299 e. The zero-order chi connectivity index (χ0) is 7.23. The molecule has 0 spiro atoms. The molecule has 0 aliphatic rings. The van der Waals surface area contributed by atoms with Crippen LogP contribution in [0, 0.1) is 0 Å². The van der Waals surface area contributed by atoms with Gasteiger partial charge in [0.15, 0.2) is 0 Å². The predicted molar refractivity (Wildman–Crippen MR) is 42.8 cm³/mol. The highest BCUT2D eigenvalue weighted by molar-refractivity contribution is 5.07. The molecule has 0 N–H and O–H groups in total. The minimum atomic E-state index is 1.17. The van der Waals surface area contributed by atoms with Gasteiger partial charge >= 0.3 is 0 Å². The van der Waals surface area contributed by atoms with Crippen LogP contribution in [0.1, 0.15) is 25.3 Å². The third-order valence-corrected chi connectivity index (χ3v) is 1.54. The number of hydrogen-bond donors (Lipinski definition) is 0. The first-order chi connectivity index (χ1) is 4.93. The predicted octanol–water partition coefficient (Wildman–Crippen LogP) is 2.42. The Hall–Kier alpha value is -0.850. The van der Waals surface area contributed by atoms with Crippen molar-refractivity contribution in [1.29, 1.82) is 0 Å². The molecule has 1 heterocycles. The van der Waals surface area contributed by atoms with Crippen LogP contribution in [0.4, 0.5) is 0 Å². The molecule has 1 aromatic heterocycles. The molecule has 0 unspecified atom stereocenters. The van der Waals surface area contributed by atoms with E-state index in [1.165, 1.54) is 24.8 Å². The molecular formula is C9H13N. The molecule has 0 bridgehead atoms. The van der Waals surface area contributed by atoms with Gasteiger partial charge in [-0.15, -0.1) is 0 Å². The SMILES string of the molecule is CCCCc1cccnc1. The number of pyridine rings is 1. The molecule has 0 fully saturated rings. The monoisotopic (exact) mass is 135 g/mol. The van der Waals surface area contributed by atoms with Gasteiger partial charge in [-0.2, -0.15) is 0 Å². The zero-order valence-electron chi connectivity index (χ0n) is 6.38. The van der Waals surface area contributed by atoms with Gasteiger partial charge in [0.05, 0.1) is 0 Å². The Morgan fingerprint density at radius 3 is 3.00 bits per heavy atom. The van der Waals surface area contributed by atoms with Crippen LogP contribution in [0.15, 0.2) is 24.5 Å². The van der Waals surface area contributed by atoms with Crippen LogP contribution in [-0.2, 0) is 6.42 Å². The quantitative estimate of drug-likeness (QED) is 0.620. The summed E-state index contributed by atoms with van der Waals surface area (Å²) in [5.41, 5.74) is 1.35. The van der Waals surface area contributed by atoms with Gasteiger partial charge in [-0.05, 0) is 24.5 Å². The number of hydrogen-bond acceptors (Lipinski definition) is 1. The Labute approximate surface area is 62.1 Å². The van der Waals surface area contributed by atoms with Crippen molar-refractivity contribution < 1.29 is 0 Å². The van der Waals surface area contributed by atoms with Crippen molar-refractivity contribution in [2.75, 3.05) is 0 Å². The second kappa shape index (κ2) is 4.04. The lowest BCUT2D eigenvalue weighted by Crippen LogP contribution is -1.83. The van der Waals surface area contributed by atoms with Gasteiger partial charge in [0.25, 0.3) is 0 Å². The largest absolute Gasteiger partial charge is 0.264 e. The molecule has 1 heteroatoms. The number of aromatic nitrogens is 1. The molecule has 0 atom stereocenters. The molecule has 0 saturated heterocycles. The highest BCUT2D eigenvalue weighted by Crippen LogP contribution is 2.01. The second-order valence-corrected chi connectivity index (χ2v) is 2.46. The lowest BCUT2D eigenvalue weighted by atomic mass is 10.1. The van der Waals surface area contributed by atoms with E-state index >= 15 is 0 Å². The Morgan fingerprint density at radius 2 is 2.40 bits per heavy atom. The fourth-order valence-electron chi connectivity index (χ4n) is 0.927. The fourth-order valence-corrected chi connectivity index (χ4v) is 0.927. The molecular weight excluding hydrogens is 122 g/mol. The van der Waals surface area contributed by atoms with E-state index in [0.717, 1.165) is 0 Å². The van der Waals surface area contributed by atoms with E-state index in [4.69, 9.17) is 0 Å². The van der Waals surface area contributed by atoms with Crippen LogP contribution >= 0.6 is 0 Å². The van der Waals surface area contributed by atoms with Gasteiger partial charge in [-0.25, -0.2) is 0 Å². The number of rotatable bonds is 3. The third-order valence-electron chi connectivity index (χ3n) is 1.54. The van der Waals surface area contributed by atoms with E-state index in [1.54, 1.807) is 0 Å². The van der Waals surface area contributed by atoms with Crippen molar-refractivity contribution in [1.82, 2.24) is 4.98 Å². The van der Waals surface area contributed by atoms with E-state index in [1.807, 2.05) is 18.5 Å². The highest BCUT2D eigenvalue weighted by Gasteiger charge is 1.88. The third kappa shape index (κ3) is 2.18. The second-order valence-electron chi connectivity index (χ2n) is 2.46. The van der Waals surface area contributed by atoms with Crippen molar-refractivity contribution >= 4 is 0 Å². The van der Waals surface area contributed by atoms with E-state index in [9.17, 15) is 0 Å². The van der Waals surface area contributed by atoms with Crippen LogP contribution in [0.25, 0.3) is 0 Å². The molecule has 0 saturated carbocycles. The first-order valence-electron chi connectivity index (χ1n) is 3.82. The molecule has 1 rings (SSSR count). The maximum atomic E-state index is 4.04. The average molecular weight is 135 g/mol. The molecule has 1 nitrogen and oxygen atoms in total. The average Bonchev–Trinajstić information content (AvgIpc) is 2.03. The normalized spacial score (nSPS) is 9.70. The number of nitrogens with zero attached hydrogens (tertiary/aromatic N) is 1. The van der Waals surface area contributed by atoms with Gasteiger partial charge in [0, 0.05) is 12.4 Å². The first-order valence-corrected chi connectivity index (χ1v) is 3.82. The van der Waals surface area contributed by atoms with Crippen LogP contribution in [0.3, 0.4) is 0 Å². The molecule has 0 aromatic carbocycles. The van der Waals surface area contributed by atoms with Gasteiger partial charge in [0.2, 0.25) is 0 Å². The van der Waals surface area contributed by atoms with E-state index in [0.29, 0.717) is 0 Å².